The van der Waals surface area contributed by atoms with Crippen molar-refractivity contribution in [3.05, 3.63) is 77.1 Å². The van der Waals surface area contributed by atoms with Gasteiger partial charge < -0.3 is 15.3 Å². The van der Waals surface area contributed by atoms with Crippen molar-refractivity contribution in [3.63, 3.8) is 0 Å². The minimum atomic E-state index is -0.641. The number of amides is 2. The molecule has 2 aromatic rings. The number of carbonyl (C=O) groups is 2. The molecule has 0 spiro atoms. The van der Waals surface area contributed by atoms with Crippen LogP contribution in [0.4, 0.5) is 5.69 Å². The molecule has 0 aromatic heterocycles. The van der Waals surface area contributed by atoms with Gasteiger partial charge in [-0.3, -0.25) is 9.59 Å². The van der Waals surface area contributed by atoms with E-state index in [0.29, 0.717) is 11.6 Å². The van der Waals surface area contributed by atoms with Gasteiger partial charge >= 0.3 is 0 Å². The molecule has 5 heteroatoms. The molecule has 1 unspecified atom stereocenters. The number of rotatable bonds is 4. The highest BCUT2D eigenvalue weighted by molar-refractivity contribution is 6.24. The Kier molecular flexibility index (Phi) is 5.38. The first kappa shape index (κ1) is 19.2. The van der Waals surface area contributed by atoms with E-state index >= 15 is 0 Å². The molecule has 2 aromatic carbocycles. The van der Waals surface area contributed by atoms with Crippen LogP contribution in [0.15, 0.2) is 65.9 Å². The molecule has 29 heavy (non-hydrogen) atoms. The zero-order valence-electron chi connectivity index (χ0n) is 16.6. The molecule has 4 rings (SSSR count). The second kappa shape index (κ2) is 8.11. The first-order valence-corrected chi connectivity index (χ1v) is 10.2. The predicted octanol–water partition coefficient (Wildman–Crippen LogP) is 4.70. The molecule has 1 atom stereocenters. The van der Waals surface area contributed by atoms with Gasteiger partial charge in [-0.2, -0.15) is 0 Å². The van der Waals surface area contributed by atoms with Gasteiger partial charge in [0.15, 0.2) is 0 Å². The lowest BCUT2D eigenvalue weighted by Crippen LogP contribution is -2.28. The average Bonchev–Trinajstić information content (AvgIpc) is 2.98. The summed E-state index contributed by atoms with van der Waals surface area (Å²) in [5, 5.41) is 13.4. The van der Waals surface area contributed by atoms with E-state index in [1.54, 1.807) is 7.05 Å². The Hall–Kier alpha value is -3.08. The highest BCUT2D eigenvalue weighted by Gasteiger charge is 2.41. The third kappa shape index (κ3) is 3.77. The van der Waals surface area contributed by atoms with Crippen LogP contribution in [0.5, 0.6) is 0 Å². The van der Waals surface area contributed by atoms with Gasteiger partial charge in [-0.15, -0.1) is 0 Å². The maximum Gasteiger partial charge on any atom is 0.264 e. The molecule has 0 radical (unpaired) electrons. The van der Waals surface area contributed by atoms with Gasteiger partial charge in [0.1, 0.15) is 17.4 Å². The summed E-state index contributed by atoms with van der Waals surface area (Å²) in [6, 6.07) is 16.4. The minimum absolute atomic E-state index is 0.197. The van der Waals surface area contributed by atoms with Crippen molar-refractivity contribution >= 4 is 17.5 Å². The lowest BCUT2D eigenvalue weighted by Gasteiger charge is -2.22. The molecule has 1 fully saturated rings. The fourth-order valence-electron chi connectivity index (χ4n) is 4.42. The Balaban J connectivity index is 1.51. The summed E-state index contributed by atoms with van der Waals surface area (Å²) in [5.41, 5.74) is 2.48. The van der Waals surface area contributed by atoms with Crippen molar-refractivity contribution in [2.45, 2.75) is 44.1 Å². The van der Waals surface area contributed by atoms with Crippen molar-refractivity contribution in [3.8, 4) is 0 Å². The molecular formula is C24H26N2O3. The van der Waals surface area contributed by atoms with Gasteiger partial charge in [0.05, 0.1) is 0 Å². The molecule has 1 aliphatic heterocycles. The van der Waals surface area contributed by atoms with Gasteiger partial charge in [0, 0.05) is 12.7 Å². The third-order valence-electron chi connectivity index (χ3n) is 6.02. The summed E-state index contributed by atoms with van der Waals surface area (Å²) in [7, 11) is 1.59. The quantitative estimate of drug-likeness (QED) is 0.744. The molecule has 1 aliphatic carbocycles. The Morgan fingerprint density at radius 3 is 2.28 bits per heavy atom. The maximum absolute atomic E-state index is 12.8. The Bertz CT molecular complexity index is 928. The van der Waals surface area contributed by atoms with Crippen molar-refractivity contribution in [2.24, 2.45) is 0 Å². The van der Waals surface area contributed by atoms with Gasteiger partial charge in [0.25, 0.3) is 11.8 Å². The molecule has 2 amide bonds. The van der Waals surface area contributed by atoms with Crippen LogP contribution in [-0.2, 0) is 9.59 Å². The van der Waals surface area contributed by atoms with E-state index in [1.807, 2.05) is 42.5 Å². The highest BCUT2D eigenvalue weighted by atomic mass is 16.3. The summed E-state index contributed by atoms with van der Waals surface area (Å²) in [6.45, 7) is 0. The Morgan fingerprint density at radius 1 is 0.966 bits per heavy atom. The second-order valence-electron chi connectivity index (χ2n) is 7.90. The smallest absolute Gasteiger partial charge is 0.264 e. The summed E-state index contributed by atoms with van der Waals surface area (Å²) >= 11 is 0. The van der Waals surface area contributed by atoms with Crippen molar-refractivity contribution < 1.29 is 14.7 Å². The number of nitrogens with zero attached hydrogens (tertiary/aromatic N) is 1. The topological polar surface area (TPSA) is 69.6 Å². The number of benzene rings is 2. The molecule has 0 saturated heterocycles. The summed E-state index contributed by atoms with van der Waals surface area (Å²) in [5.74, 6) is -0.673. The molecule has 1 saturated carbocycles. The van der Waals surface area contributed by atoms with Crippen molar-refractivity contribution in [1.82, 2.24) is 4.90 Å². The molecular weight excluding hydrogens is 364 g/mol. The molecule has 2 N–H and O–H groups in total. The van der Waals surface area contributed by atoms with Crippen LogP contribution in [0, 0.1) is 0 Å². The highest BCUT2D eigenvalue weighted by Crippen LogP contribution is 2.36. The lowest BCUT2D eigenvalue weighted by molar-refractivity contribution is -0.127. The lowest BCUT2D eigenvalue weighted by atomic mass is 9.84. The van der Waals surface area contributed by atoms with Gasteiger partial charge in [-0.1, -0.05) is 61.7 Å². The number of aliphatic hydroxyl groups is 1. The number of carbonyl (C=O) groups excluding carboxylic acids is 2. The van der Waals surface area contributed by atoms with E-state index in [4.69, 9.17) is 0 Å². The first-order valence-electron chi connectivity index (χ1n) is 10.2. The van der Waals surface area contributed by atoms with Crippen LogP contribution >= 0.6 is 0 Å². The van der Waals surface area contributed by atoms with Crippen LogP contribution < -0.4 is 5.32 Å². The van der Waals surface area contributed by atoms with Gasteiger partial charge in [-0.25, -0.2) is 0 Å². The number of likely N-dealkylation sites (N-methyl/N-ethyl adjacent to an activating group) is 1. The van der Waals surface area contributed by atoms with Gasteiger partial charge in [-0.05, 0) is 42.0 Å². The number of hydrogen-bond acceptors (Lipinski definition) is 3. The monoisotopic (exact) mass is 390 g/mol. The van der Waals surface area contributed by atoms with E-state index in [0.717, 1.165) is 5.56 Å². The fraction of sp³-hybridized carbons (Fsp3) is 0.333. The van der Waals surface area contributed by atoms with E-state index in [-0.39, 0.29) is 11.3 Å². The van der Waals surface area contributed by atoms with E-state index in [2.05, 4.69) is 17.4 Å². The molecule has 1 heterocycles. The normalized spacial score (nSPS) is 20.2. The summed E-state index contributed by atoms with van der Waals surface area (Å²) in [4.78, 5) is 26.8. The average molecular weight is 390 g/mol. The van der Waals surface area contributed by atoms with Crippen LogP contribution in [0.3, 0.4) is 0 Å². The van der Waals surface area contributed by atoms with Crippen LogP contribution in [0.1, 0.15) is 55.2 Å². The van der Waals surface area contributed by atoms with E-state index < -0.39 is 17.9 Å². The molecule has 2 aliphatic rings. The summed E-state index contributed by atoms with van der Waals surface area (Å²) in [6.07, 6.45) is 6.29. The number of anilines is 1. The zero-order valence-corrected chi connectivity index (χ0v) is 16.6. The summed E-state index contributed by atoms with van der Waals surface area (Å²) < 4.78 is 0. The number of hydrogen-bond donors (Lipinski definition) is 2. The molecule has 150 valence electrons. The van der Waals surface area contributed by atoms with Crippen molar-refractivity contribution in [2.75, 3.05) is 12.4 Å². The van der Waals surface area contributed by atoms with E-state index in [9.17, 15) is 14.7 Å². The SMILES string of the molecule is CN1C(=O)C(C(=O)Nc2ccc(C3CCCCC3)cc2)=C(O)C1c1ccccc1. The van der Waals surface area contributed by atoms with Crippen LogP contribution in [0.2, 0.25) is 0 Å². The third-order valence-corrected chi connectivity index (χ3v) is 6.02. The zero-order chi connectivity index (χ0) is 20.4. The first-order chi connectivity index (χ1) is 14.1. The molecule has 0 bridgehead atoms. The van der Waals surface area contributed by atoms with Crippen LogP contribution in [0.25, 0.3) is 0 Å². The fourth-order valence-corrected chi connectivity index (χ4v) is 4.42. The molecule has 5 nitrogen and oxygen atoms in total. The standard InChI is InChI=1S/C24H26N2O3/c1-26-21(18-10-6-3-7-11-18)22(27)20(24(26)29)23(28)25-19-14-12-17(13-15-19)16-8-4-2-5-9-16/h3,6-7,10-16,21,27H,2,4-5,8-9H2,1H3,(H,25,28). The van der Waals surface area contributed by atoms with E-state index in [1.165, 1.54) is 42.6 Å². The van der Waals surface area contributed by atoms with Crippen LogP contribution in [-0.4, -0.2) is 28.9 Å². The maximum atomic E-state index is 12.8. The van der Waals surface area contributed by atoms with Crippen molar-refractivity contribution in [1.29, 1.82) is 0 Å². The number of aliphatic hydroxyl groups excluding tert-OH is 1. The second-order valence-corrected chi connectivity index (χ2v) is 7.90. The Morgan fingerprint density at radius 2 is 1.62 bits per heavy atom. The Labute approximate surface area is 171 Å². The number of nitrogens with one attached hydrogen (secondary N) is 1. The largest absolute Gasteiger partial charge is 0.509 e. The minimum Gasteiger partial charge on any atom is -0.509 e. The predicted molar refractivity (Wildman–Crippen MR) is 113 cm³/mol. The van der Waals surface area contributed by atoms with Gasteiger partial charge in [0.2, 0.25) is 0 Å².